The Balaban J connectivity index is 3.17. The molecule has 0 bridgehead atoms. The van der Waals surface area contributed by atoms with Gasteiger partial charge >= 0.3 is 0 Å². The smallest absolute Gasteiger partial charge is 0.100 e. The number of alkyl halides is 1. The molecule has 67 valence electrons. The first-order chi connectivity index (χ1) is 6.20. The van der Waals surface area contributed by atoms with E-state index in [1.807, 2.05) is 6.07 Å². The van der Waals surface area contributed by atoms with Gasteiger partial charge in [-0.25, -0.2) is 0 Å². The maximum atomic E-state index is 12.3. The Bertz CT molecular complexity index is 343. The minimum absolute atomic E-state index is 0.414. The number of nitriles is 1. The number of benzene rings is 1. The van der Waals surface area contributed by atoms with Crippen LogP contribution in [0.5, 0.6) is 0 Å². The summed E-state index contributed by atoms with van der Waals surface area (Å²) < 4.78 is 13.0. The molecule has 0 aromatic heterocycles. The number of halogens is 2. The van der Waals surface area contributed by atoms with Crippen molar-refractivity contribution in [2.75, 3.05) is 6.67 Å². The van der Waals surface area contributed by atoms with Crippen LogP contribution in [-0.4, -0.2) is 6.67 Å². The molecular weight excluding hydrogens is 233 g/mol. The standard InChI is InChI=1S/C10H8BrFN/c1-7(5-12)9-4-2-3-8(6-13)10(9)11/h2-4,7H,1,5H2. The van der Waals surface area contributed by atoms with Crippen molar-refractivity contribution in [2.24, 2.45) is 0 Å². The SMILES string of the molecule is [CH2]C(CF)c1cccc(C#N)c1Br. The first-order valence-corrected chi connectivity index (χ1v) is 4.57. The molecule has 0 saturated heterocycles. The van der Waals surface area contributed by atoms with E-state index in [0.717, 1.165) is 5.56 Å². The first-order valence-electron chi connectivity index (χ1n) is 3.78. The third-order valence-corrected chi connectivity index (χ3v) is 2.66. The minimum Gasteiger partial charge on any atom is -0.250 e. The summed E-state index contributed by atoms with van der Waals surface area (Å²) in [4.78, 5) is 0. The Hall–Kier alpha value is -0.880. The predicted molar refractivity (Wildman–Crippen MR) is 52.9 cm³/mol. The number of nitrogens with zero attached hydrogens (tertiary/aromatic N) is 1. The lowest BCUT2D eigenvalue weighted by Gasteiger charge is -2.09. The van der Waals surface area contributed by atoms with Crippen molar-refractivity contribution >= 4 is 15.9 Å². The number of hydrogen-bond acceptors (Lipinski definition) is 1. The fraction of sp³-hybridized carbons (Fsp3) is 0.200. The number of hydrogen-bond donors (Lipinski definition) is 0. The largest absolute Gasteiger partial charge is 0.250 e. The van der Waals surface area contributed by atoms with E-state index in [1.54, 1.807) is 18.2 Å². The van der Waals surface area contributed by atoms with Crippen LogP contribution >= 0.6 is 15.9 Å². The van der Waals surface area contributed by atoms with Crippen LogP contribution < -0.4 is 0 Å². The average molecular weight is 241 g/mol. The normalized spacial score (nSPS) is 12.2. The molecular formula is C10H8BrFN. The van der Waals surface area contributed by atoms with Gasteiger partial charge < -0.3 is 0 Å². The second-order valence-electron chi connectivity index (χ2n) is 2.67. The summed E-state index contributed by atoms with van der Waals surface area (Å²) >= 11 is 3.25. The maximum Gasteiger partial charge on any atom is 0.100 e. The molecule has 0 fully saturated rings. The van der Waals surface area contributed by atoms with Crippen LogP contribution in [-0.2, 0) is 0 Å². The zero-order chi connectivity index (χ0) is 9.84. The fourth-order valence-corrected chi connectivity index (χ4v) is 1.71. The van der Waals surface area contributed by atoms with Crippen LogP contribution in [0.25, 0.3) is 0 Å². The zero-order valence-corrected chi connectivity index (χ0v) is 8.51. The van der Waals surface area contributed by atoms with E-state index in [-0.39, 0.29) is 0 Å². The van der Waals surface area contributed by atoms with E-state index in [1.165, 1.54) is 0 Å². The zero-order valence-electron chi connectivity index (χ0n) is 6.93. The first kappa shape index (κ1) is 10.2. The van der Waals surface area contributed by atoms with Crippen molar-refractivity contribution in [1.29, 1.82) is 5.26 Å². The molecule has 0 aliphatic heterocycles. The van der Waals surface area contributed by atoms with Crippen molar-refractivity contribution in [2.45, 2.75) is 5.92 Å². The van der Waals surface area contributed by atoms with Crippen molar-refractivity contribution < 1.29 is 4.39 Å². The molecule has 0 saturated carbocycles. The molecule has 3 heteroatoms. The average Bonchev–Trinajstić information content (AvgIpc) is 2.17. The molecule has 1 radical (unpaired) electrons. The van der Waals surface area contributed by atoms with Gasteiger partial charge in [0.25, 0.3) is 0 Å². The Kier molecular flexibility index (Phi) is 3.44. The highest BCUT2D eigenvalue weighted by Gasteiger charge is 2.11. The van der Waals surface area contributed by atoms with Crippen LogP contribution in [0, 0.1) is 18.3 Å². The Morgan fingerprint density at radius 3 is 2.85 bits per heavy atom. The Morgan fingerprint density at radius 1 is 1.62 bits per heavy atom. The Morgan fingerprint density at radius 2 is 2.31 bits per heavy atom. The lowest BCUT2D eigenvalue weighted by Crippen LogP contribution is -1.98. The molecule has 1 aromatic carbocycles. The summed E-state index contributed by atoms with van der Waals surface area (Å²) in [6.45, 7) is 3.13. The van der Waals surface area contributed by atoms with Gasteiger partial charge in [0.05, 0.1) is 12.2 Å². The summed E-state index contributed by atoms with van der Waals surface area (Å²) in [7, 11) is 0. The molecule has 1 rings (SSSR count). The molecule has 0 heterocycles. The van der Waals surface area contributed by atoms with Crippen molar-refractivity contribution in [1.82, 2.24) is 0 Å². The van der Waals surface area contributed by atoms with Crippen LogP contribution in [0.1, 0.15) is 17.0 Å². The van der Waals surface area contributed by atoms with Gasteiger partial charge in [-0.05, 0) is 34.5 Å². The van der Waals surface area contributed by atoms with Gasteiger partial charge in [-0.3, -0.25) is 4.39 Å². The van der Waals surface area contributed by atoms with Gasteiger partial charge in [0.15, 0.2) is 0 Å². The van der Waals surface area contributed by atoms with E-state index >= 15 is 0 Å². The molecule has 1 aromatic rings. The van der Waals surface area contributed by atoms with Crippen LogP contribution in [0.2, 0.25) is 0 Å². The van der Waals surface area contributed by atoms with E-state index in [0.29, 0.717) is 10.0 Å². The van der Waals surface area contributed by atoms with Gasteiger partial charge in [-0.1, -0.05) is 12.1 Å². The summed E-state index contributed by atoms with van der Waals surface area (Å²) in [5.41, 5.74) is 1.25. The van der Waals surface area contributed by atoms with Crippen molar-refractivity contribution in [3.63, 3.8) is 0 Å². The van der Waals surface area contributed by atoms with Gasteiger partial charge in [0.2, 0.25) is 0 Å². The molecule has 0 spiro atoms. The second-order valence-corrected chi connectivity index (χ2v) is 3.46. The molecule has 0 N–H and O–H groups in total. The molecule has 0 aliphatic rings. The third-order valence-electron chi connectivity index (χ3n) is 1.78. The highest BCUT2D eigenvalue weighted by Crippen LogP contribution is 2.27. The van der Waals surface area contributed by atoms with Gasteiger partial charge in [0.1, 0.15) is 6.07 Å². The van der Waals surface area contributed by atoms with Gasteiger partial charge in [-0.15, -0.1) is 0 Å². The van der Waals surface area contributed by atoms with Crippen molar-refractivity contribution in [3.8, 4) is 6.07 Å². The summed E-state index contributed by atoms with van der Waals surface area (Å²) in [6, 6.07) is 7.19. The Labute approximate surface area is 85.3 Å². The molecule has 1 unspecified atom stereocenters. The van der Waals surface area contributed by atoms with E-state index < -0.39 is 12.6 Å². The van der Waals surface area contributed by atoms with Gasteiger partial charge in [0, 0.05) is 10.4 Å². The predicted octanol–water partition coefficient (Wildman–Crippen LogP) is 3.21. The molecule has 0 amide bonds. The maximum absolute atomic E-state index is 12.3. The molecule has 13 heavy (non-hydrogen) atoms. The molecule has 1 atom stereocenters. The second kappa shape index (κ2) is 4.38. The number of rotatable bonds is 2. The van der Waals surface area contributed by atoms with E-state index in [4.69, 9.17) is 5.26 Å². The summed E-state index contributed by atoms with van der Waals surface area (Å²) in [5.74, 6) is -0.414. The topological polar surface area (TPSA) is 23.8 Å². The van der Waals surface area contributed by atoms with E-state index in [9.17, 15) is 4.39 Å². The highest BCUT2D eigenvalue weighted by atomic mass is 79.9. The lowest BCUT2D eigenvalue weighted by molar-refractivity contribution is 0.465. The quantitative estimate of drug-likeness (QED) is 0.779. The van der Waals surface area contributed by atoms with Crippen LogP contribution in [0.3, 0.4) is 0 Å². The fourth-order valence-electron chi connectivity index (χ4n) is 1.03. The van der Waals surface area contributed by atoms with Crippen molar-refractivity contribution in [3.05, 3.63) is 40.7 Å². The van der Waals surface area contributed by atoms with E-state index in [2.05, 4.69) is 22.9 Å². The highest BCUT2D eigenvalue weighted by molar-refractivity contribution is 9.10. The minimum atomic E-state index is -0.520. The van der Waals surface area contributed by atoms with Gasteiger partial charge in [-0.2, -0.15) is 5.26 Å². The summed E-state index contributed by atoms with van der Waals surface area (Å²) in [5, 5.41) is 8.70. The summed E-state index contributed by atoms with van der Waals surface area (Å²) in [6.07, 6.45) is 0. The molecule has 0 aliphatic carbocycles. The van der Waals surface area contributed by atoms with Crippen LogP contribution in [0.15, 0.2) is 22.7 Å². The third kappa shape index (κ3) is 2.07. The van der Waals surface area contributed by atoms with Crippen LogP contribution in [0.4, 0.5) is 4.39 Å². The molecule has 1 nitrogen and oxygen atoms in total. The lowest BCUT2D eigenvalue weighted by atomic mass is 10.0. The monoisotopic (exact) mass is 240 g/mol.